The van der Waals surface area contributed by atoms with Crippen LogP contribution in [0.3, 0.4) is 0 Å². The van der Waals surface area contributed by atoms with Gasteiger partial charge in [0.2, 0.25) is 0 Å². The Kier molecular flexibility index (Phi) is 4.77. The molecule has 1 unspecified atom stereocenters. The minimum absolute atomic E-state index is 0.0560. The Balaban J connectivity index is 3.07. The van der Waals surface area contributed by atoms with Gasteiger partial charge in [0.25, 0.3) is 0 Å². The Morgan fingerprint density at radius 3 is 2.73 bits per heavy atom. The van der Waals surface area contributed by atoms with E-state index in [2.05, 4.69) is 15.9 Å². The number of hydrogen-bond acceptors (Lipinski definition) is 2. The summed E-state index contributed by atoms with van der Waals surface area (Å²) >= 11 is 9.19. The molecule has 0 amide bonds. The van der Waals surface area contributed by atoms with Crippen molar-refractivity contribution in [2.75, 3.05) is 7.11 Å². The number of carbonyl (C=O) groups excluding carboxylic acids is 1. The largest absolute Gasteiger partial charge is 0.369 e. The first-order chi connectivity index (χ1) is 7.10. The number of benzene rings is 1. The fourth-order valence-corrected chi connectivity index (χ4v) is 2.22. The fourth-order valence-electron chi connectivity index (χ4n) is 1.33. The summed E-state index contributed by atoms with van der Waals surface area (Å²) in [5.74, 6) is 0.0560. The third kappa shape index (κ3) is 3.03. The lowest BCUT2D eigenvalue weighted by molar-refractivity contribution is -0.128. The second kappa shape index (κ2) is 5.64. The molecule has 0 radical (unpaired) electrons. The SMILES string of the molecule is CCC(=O)C(OC)c1ccc(Cl)cc1Br. The molecular weight excluding hydrogens is 279 g/mol. The van der Waals surface area contributed by atoms with Crippen LogP contribution in [0.1, 0.15) is 25.0 Å². The first kappa shape index (κ1) is 12.7. The molecule has 0 fully saturated rings. The van der Waals surface area contributed by atoms with Crippen molar-refractivity contribution in [3.05, 3.63) is 33.3 Å². The van der Waals surface area contributed by atoms with Gasteiger partial charge >= 0.3 is 0 Å². The van der Waals surface area contributed by atoms with Crippen molar-refractivity contribution >= 4 is 33.3 Å². The van der Waals surface area contributed by atoms with E-state index in [0.29, 0.717) is 11.4 Å². The summed E-state index contributed by atoms with van der Waals surface area (Å²) in [5, 5.41) is 0.629. The van der Waals surface area contributed by atoms with Crippen LogP contribution < -0.4 is 0 Å². The van der Waals surface area contributed by atoms with E-state index in [4.69, 9.17) is 16.3 Å². The maximum Gasteiger partial charge on any atom is 0.165 e. The molecule has 0 spiro atoms. The summed E-state index contributed by atoms with van der Waals surface area (Å²) in [6, 6.07) is 5.30. The second-order valence-electron chi connectivity index (χ2n) is 3.10. The molecule has 1 aromatic carbocycles. The monoisotopic (exact) mass is 290 g/mol. The van der Waals surface area contributed by atoms with Crippen LogP contribution in [-0.2, 0) is 9.53 Å². The summed E-state index contributed by atoms with van der Waals surface area (Å²) in [6.07, 6.45) is -0.0604. The minimum Gasteiger partial charge on any atom is -0.369 e. The average Bonchev–Trinajstić information content (AvgIpc) is 2.21. The summed E-state index contributed by atoms with van der Waals surface area (Å²) in [5.41, 5.74) is 0.814. The number of ether oxygens (including phenoxy) is 1. The van der Waals surface area contributed by atoms with Crippen molar-refractivity contribution < 1.29 is 9.53 Å². The molecule has 0 bridgehead atoms. The lowest BCUT2D eigenvalue weighted by atomic mass is 10.0. The van der Waals surface area contributed by atoms with Gasteiger partial charge in [0.15, 0.2) is 5.78 Å². The summed E-state index contributed by atoms with van der Waals surface area (Å²) < 4.78 is 5.98. The van der Waals surface area contributed by atoms with Gasteiger partial charge in [-0.1, -0.05) is 40.5 Å². The summed E-state index contributed by atoms with van der Waals surface area (Å²) in [7, 11) is 1.53. The van der Waals surface area contributed by atoms with E-state index >= 15 is 0 Å². The maximum absolute atomic E-state index is 11.6. The highest BCUT2D eigenvalue weighted by Gasteiger charge is 2.20. The van der Waals surface area contributed by atoms with E-state index in [-0.39, 0.29) is 5.78 Å². The molecule has 2 nitrogen and oxygen atoms in total. The van der Waals surface area contributed by atoms with Crippen LogP contribution in [0.25, 0.3) is 0 Å². The van der Waals surface area contributed by atoms with E-state index in [1.165, 1.54) is 7.11 Å². The molecule has 0 heterocycles. The minimum atomic E-state index is -0.512. The Bertz CT molecular complexity index is 366. The van der Waals surface area contributed by atoms with Crippen LogP contribution in [0.4, 0.5) is 0 Å². The molecule has 0 aliphatic heterocycles. The molecule has 4 heteroatoms. The Hall–Kier alpha value is -0.380. The molecule has 0 N–H and O–H groups in total. The van der Waals surface area contributed by atoms with Gasteiger partial charge in [-0.05, 0) is 12.1 Å². The van der Waals surface area contributed by atoms with Crippen LogP contribution in [0.2, 0.25) is 5.02 Å². The molecule has 0 saturated heterocycles. The second-order valence-corrected chi connectivity index (χ2v) is 4.39. The number of Topliss-reactive ketones (excluding diaryl/α,β-unsaturated/α-hetero) is 1. The number of halogens is 2. The van der Waals surface area contributed by atoms with Gasteiger partial charge in [-0.25, -0.2) is 0 Å². The van der Waals surface area contributed by atoms with Crippen molar-refractivity contribution in [2.24, 2.45) is 0 Å². The standard InChI is InChI=1S/C11H12BrClO2/c1-3-10(14)11(15-2)8-5-4-7(13)6-9(8)12/h4-6,11H,3H2,1-2H3. The fraction of sp³-hybridized carbons (Fsp3) is 0.364. The molecule has 0 saturated carbocycles. The molecule has 1 aromatic rings. The van der Waals surface area contributed by atoms with Gasteiger partial charge in [0.1, 0.15) is 6.10 Å². The Labute approximate surface area is 103 Å². The van der Waals surface area contributed by atoms with Gasteiger partial charge < -0.3 is 4.74 Å². The van der Waals surface area contributed by atoms with Crippen LogP contribution >= 0.6 is 27.5 Å². The molecule has 1 rings (SSSR count). The number of ketones is 1. The Morgan fingerprint density at radius 2 is 2.27 bits per heavy atom. The van der Waals surface area contributed by atoms with Crippen LogP contribution in [0.5, 0.6) is 0 Å². The van der Waals surface area contributed by atoms with Crippen molar-refractivity contribution in [3.8, 4) is 0 Å². The molecule has 15 heavy (non-hydrogen) atoms. The van der Waals surface area contributed by atoms with E-state index in [1.807, 2.05) is 6.92 Å². The third-order valence-electron chi connectivity index (χ3n) is 2.12. The molecular formula is C11H12BrClO2. The zero-order valence-electron chi connectivity index (χ0n) is 8.59. The maximum atomic E-state index is 11.6. The van der Waals surface area contributed by atoms with Gasteiger partial charge in [-0.2, -0.15) is 0 Å². The van der Waals surface area contributed by atoms with Gasteiger partial charge in [-0.3, -0.25) is 4.79 Å². The summed E-state index contributed by atoms with van der Waals surface area (Å²) in [4.78, 5) is 11.6. The number of carbonyl (C=O) groups is 1. The number of rotatable bonds is 4. The van der Waals surface area contributed by atoms with Crippen LogP contribution in [0, 0.1) is 0 Å². The van der Waals surface area contributed by atoms with Gasteiger partial charge in [-0.15, -0.1) is 0 Å². The molecule has 1 atom stereocenters. The van der Waals surface area contributed by atoms with Gasteiger partial charge in [0, 0.05) is 28.6 Å². The predicted molar refractivity (Wildman–Crippen MR) is 64.2 cm³/mol. The van der Waals surface area contributed by atoms with Crippen molar-refractivity contribution in [1.82, 2.24) is 0 Å². The smallest absolute Gasteiger partial charge is 0.165 e. The van der Waals surface area contributed by atoms with E-state index in [9.17, 15) is 4.79 Å². The van der Waals surface area contributed by atoms with E-state index in [1.54, 1.807) is 18.2 Å². The van der Waals surface area contributed by atoms with Crippen molar-refractivity contribution in [2.45, 2.75) is 19.4 Å². The molecule has 0 aliphatic rings. The summed E-state index contributed by atoms with van der Waals surface area (Å²) in [6.45, 7) is 1.82. The zero-order chi connectivity index (χ0) is 11.4. The predicted octanol–water partition coefficient (Wildman–Crippen LogP) is 3.77. The highest BCUT2D eigenvalue weighted by molar-refractivity contribution is 9.10. The highest BCUT2D eigenvalue weighted by Crippen LogP contribution is 2.29. The third-order valence-corrected chi connectivity index (χ3v) is 3.04. The van der Waals surface area contributed by atoms with E-state index < -0.39 is 6.10 Å². The average molecular weight is 292 g/mol. The normalized spacial score (nSPS) is 12.5. The molecule has 0 aliphatic carbocycles. The molecule has 82 valence electrons. The lowest BCUT2D eigenvalue weighted by Gasteiger charge is -2.15. The zero-order valence-corrected chi connectivity index (χ0v) is 10.9. The van der Waals surface area contributed by atoms with Crippen molar-refractivity contribution in [3.63, 3.8) is 0 Å². The number of hydrogen-bond donors (Lipinski definition) is 0. The quantitative estimate of drug-likeness (QED) is 0.844. The Morgan fingerprint density at radius 1 is 1.60 bits per heavy atom. The lowest BCUT2D eigenvalue weighted by Crippen LogP contribution is -2.13. The van der Waals surface area contributed by atoms with Crippen LogP contribution in [0.15, 0.2) is 22.7 Å². The first-order valence-electron chi connectivity index (χ1n) is 4.60. The number of methoxy groups -OCH3 is 1. The van der Waals surface area contributed by atoms with E-state index in [0.717, 1.165) is 10.0 Å². The highest BCUT2D eigenvalue weighted by atomic mass is 79.9. The molecule has 0 aromatic heterocycles. The van der Waals surface area contributed by atoms with Crippen molar-refractivity contribution in [1.29, 1.82) is 0 Å². The van der Waals surface area contributed by atoms with Gasteiger partial charge in [0.05, 0.1) is 0 Å². The van der Waals surface area contributed by atoms with Crippen LogP contribution in [-0.4, -0.2) is 12.9 Å². The first-order valence-corrected chi connectivity index (χ1v) is 5.77. The topological polar surface area (TPSA) is 26.3 Å².